The summed E-state index contributed by atoms with van der Waals surface area (Å²) in [4.78, 5) is 10.4. The minimum atomic E-state index is -4.93. The molecule has 0 radical (unpaired) electrons. The minimum absolute atomic E-state index is 0.127. The van der Waals surface area contributed by atoms with Crippen LogP contribution in [0.25, 0.3) is 0 Å². The second-order valence-corrected chi connectivity index (χ2v) is 2.69. The Balaban J connectivity index is 2.71. The zero-order chi connectivity index (χ0) is 10.8. The van der Waals surface area contributed by atoms with Crippen molar-refractivity contribution in [3.63, 3.8) is 0 Å². The normalized spacial score (nSPS) is 14.9. The van der Waals surface area contributed by atoms with Crippen LogP contribution in [-0.4, -0.2) is 12.0 Å². The Labute approximate surface area is 78.0 Å². The van der Waals surface area contributed by atoms with Gasteiger partial charge in [-0.05, 0) is 5.57 Å². The Kier molecular flexibility index (Phi) is 2.78. The number of ketones is 1. The van der Waals surface area contributed by atoms with Crippen molar-refractivity contribution in [3.8, 4) is 0 Å². The van der Waals surface area contributed by atoms with Crippen LogP contribution in [-0.2, 0) is 4.79 Å². The maximum absolute atomic E-state index is 11.7. The van der Waals surface area contributed by atoms with Gasteiger partial charge in [0.15, 0.2) is 0 Å². The van der Waals surface area contributed by atoms with Crippen LogP contribution in [0.1, 0.15) is 6.42 Å². The maximum Gasteiger partial charge on any atom is 0.450 e. The molecule has 0 saturated heterocycles. The van der Waals surface area contributed by atoms with Gasteiger partial charge in [0.25, 0.3) is 0 Å². The molecule has 2 nitrogen and oxygen atoms in total. The van der Waals surface area contributed by atoms with E-state index in [1.807, 2.05) is 0 Å². The van der Waals surface area contributed by atoms with Gasteiger partial charge in [-0.15, -0.1) is 5.76 Å². The first kappa shape index (κ1) is 10.6. The molecule has 0 N–H and O–H groups in total. The average molecular weight is 203 g/mol. The van der Waals surface area contributed by atoms with Crippen molar-refractivity contribution >= 4 is 5.78 Å². The van der Waals surface area contributed by atoms with Crippen molar-refractivity contribution in [2.45, 2.75) is 12.6 Å². The Morgan fingerprint density at radius 1 is 1.29 bits per heavy atom. The molecule has 0 spiro atoms. The molecule has 0 aromatic heterocycles. The van der Waals surface area contributed by atoms with E-state index in [1.165, 1.54) is 24.3 Å². The minimum Gasteiger partial charge on any atom is -0.875 e. The fourth-order valence-corrected chi connectivity index (χ4v) is 0.908. The zero-order valence-electron chi connectivity index (χ0n) is 6.97. The van der Waals surface area contributed by atoms with Crippen LogP contribution in [0.2, 0.25) is 0 Å². The molecule has 5 heteroatoms. The first-order chi connectivity index (χ1) is 6.41. The van der Waals surface area contributed by atoms with Gasteiger partial charge in [-0.25, -0.2) is 0 Å². The van der Waals surface area contributed by atoms with E-state index < -0.39 is 24.1 Å². The number of halogens is 3. The van der Waals surface area contributed by atoms with Crippen molar-refractivity contribution in [1.82, 2.24) is 0 Å². The van der Waals surface area contributed by atoms with Gasteiger partial charge >= 0.3 is 6.18 Å². The van der Waals surface area contributed by atoms with Crippen LogP contribution < -0.4 is 5.11 Å². The van der Waals surface area contributed by atoms with E-state index in [1.54, 1.807) is 0 Å². The molecule has 0 aromatic rings. The molecule has 1 aliphatic carbocycles. The first-order valence-corrected chi connectivity index (χ1v) is 3.76. The van der Waals surface area contributed by atoms with Crippen LogP contribution in [0.4, 0.5) is 13.2 Å². The van der Waals surface area contributed by atoms with Crippen LogP contribution in [0.3, 0.4) is 0 Å². The molecule has 0 bridgehead atoms. The summed E-state index contributed by atoms with van der Waals surface area (Å²) >= 11 is 0. The lowest BCUT2D eigenvalue weighted by molar-refractivity contribution is -0.307. The third-order valence-electron chi connectivity index (χ3n) is 1.62. The number of alkyl halides is 3. The largest absolute Gasteiger partial charge is 0.875 e. The number of carbonyl (C=O) groups is 1. The highest BCUT2D eigenvalue weighted by Gasteiger charge is 2.37. The third-order valence-corrected chi connectivity index (χ3v) is 1.62. The van der Waals surface area contributed by atoms with Gasteiger partial charge in [0.05, 0.1) is 0 Å². The van der Waals surface area contributed by atoms with E-state index in [4.69, 9.17) is 0 Å². The van der Waals surface area contributed by atoms with Gasteiger partial charge in [0.2, 0.25) is 5.78 Å². The van der Waals surface area contributed by atoms with E-state index in [-0.39, 0.29) is 5.57 Å². The van der Waals surface area contributed by atoms with Crippen molar-refractivity contribution in [1.29, 1.82) is 0 Å². The monoisotopic (exact) mass is 203 g/mol. The molecule has 0 unspecified atom stereocenters. The van der Waals surface area contributed by atoms with Crippen molar-refractivity contribution in [2.75, 3.05) is 0 Å². The summed E-state index contributed by atoms with van der Waals surface area (Å²) in [5, 5.41) is 11.0. The van der Waals surface area contributed by atoms with Crippen LogP contribution in [0, 0.1) is 0 Å². The van der Waals surface area contributed by atoms with Gasteiger partial charge in [-0.1, -0.05) is 24.3 Å². The predicted molar refractivity (Wildman–Crippen MR) is 41.0 cm³/mol. The molecule has 1 aliphatic rings. The van der Waals surface area contributed by atoms with Crippen molar-refractivity contribution in [2.24, 2.45) is 0 Å². The Morgan fingerprint density at radius 3 is 2.21 bits per heavy atom. The van der Waals surface area contributed by atoms with Gasteiger partial charge < -0.3 is 5.11 Å². The molecule has 14 heavy (non-hydrogen) atoms. The number of carbonyl (C=O) groups excluding carboxylic acids is 1. The van der Waals surface area contributed by atoms with E-state index in [0.717, 1.165) is 0 Å². The number of rotatable bonds is 2. The van der Waals surface area contributed by atoms with Crippen LogP contribution in [0.15, 0.2) is 35.6 Å². The fourth-order valence-electron chi connectivity index (χ4n) is 0.908. The number of hydrogen-bond donors (Lipinski definition) is 0. The summed E-state index contributed by atoms with van der Waals surface area (Å²) in [6.07, 6.45) is -0.273. The zero-order valence-corrected chi connectivity index (χ0v) is 6.97. The Bertz CT molecular complexity index is 320. The second-order valence-electron chi connectivity index (χ2n) is 2.69. The lowest BCUT2D eigenvalue weighted by Gasteiger charge is -2.14. The Hall–Kier alpha value is -1.52. The van der Waals surface area contributed by atoms with Gasteiger partial charge in [-0.2, -0.15) is 13.2 Å². The van der Waals surface area contributed by atoms with Gasteiger partial charge in [0, 0.05) is 6.42 Å². The fraction of sp³-hybridized carbons (Fsp3) is 0.222. The summed E-state index contributed by atoms with van der Waals surface area (Å²) in [6.45, 7) is 0. The molecule has 0 aliphatic heterocycles. The Morgan fingerprint density at radius 2 is 1.79 bits per heavy atom. The number of allylic oxidation sites excluding steroid dienone is 6. The lowest BCUT2D eigenvalue weighted by Crippen LogP contribution is -2.25. The molecule has 0 heterocycles. The SMILES string of the molecule is O=C(CC([O-])=C1C=CC=C1)C(F)(F)F. The van der Waals surface area contributed by atoms with E-state index in [2.05, 4.69) is 0 Å². The number of Topliss-reactive ketones (excluding diaryl/α,β-unsaturated/α-hetero) is 1. The van der Waals surface area contributed by atoms with Crippen molar-refractivity contribution in [3.05, 3.63) is 35.6 Å². The molecule has 0 atom stereocenters. The molecule has 76 valence electrons. The summed E-state index contributed by atoms with van der Waals surface area (Å²) in [5.41, 5.74) is 0.127. The summed E-state index contributed by atoms with van der Waals surface area (Å²) < 4.78 is 35.2. The molecule has 1 rings (SSSR count). The van der Waals surface area contributed by atoms with Gasteiger partial charge in [0.1, 0.15) is 0 Å². The summed E-state index contributed by atoms with van der Waals surface area (Å²) in [6, 6.07) is 0. The van der Waals surface area contributed by atoms with Crippen LogP contribution in [0.5, 0.6) is 0 Å². The van der Waals surface area contributed by atoms with E-state index in [0.29, 0.717) is 0 Å². The summed E-state index contributed by atoms with van der Waals surface area (Å²) in [7, 11) is 0. The van der Waals surface area contributed by atoms with Crippen molar-refractivity contribution < 1.29 is 23.1 Å². The molecule has 0 fully saturated rings. The highest BCUT2D eigenvalue weighted by atomic mass is 19.4. The second kappa shape index (κ2) is 3.69. The molecule has 0 saturated carbocycles. The molecule has 0 amide bonds. The standard InChI is InChI=1S/C9H7F3O2/c10-9(11,12)8(14)5-7(13)6-3-1-2-4-6/h1-4,13H,5H2/p-1. The highest BCUT2D eigenvalue weighted by Crippen LogP contribution is 2.21. The average Bonchev–Trinajstić information content (AvgIpc) is 2.53. The smallest absolute Gasteiger partial charge is 0.450 e. The predicted octanol–water partition coefficient (Wildman–Crippen LogP) is 1.25. The summed E-state index contributed by atoms with van der Waals surface area (Å²) in [5.74, 6) is -2.82. The molecule has 0 aromatic carbocycles. The van der Waals surface area contributed by atoms with Crippen LogP contribution >= 0.6 is 0 Å². The van der Waals surface area contributed by atoms with E-state index in [9.17, 15) is 23.1 Å². The first-order valence-electron chi connectivity index (χ1n) is 3.76. The number of hydrogen-bond acceptors (Lipinski definition) is 2. The quantitative estimate of drug-likeness (QED) is 0.633. The van der Waals surface area contributed by atoms with E-state index >= 15 is 0 Å². The molecular formula is C9H6F3O2-. The molecular weight excluding hydrogens is 197 g/mol. The topological polar surface area (TPSA) is 40.1 Å². The maximum atomic E-state index is 11.7. The third kappa shape index (κ3) is 2.48. The lowest BCUT2D eigenvalue weighted by atomic mass is 10.1. The highest BCUT2D eigenvalue weighted by molar-refractivity contribution is 5.85. The van der Waals surface area contributed by atoms with Gasteiger partial charge in [-0.3, -0.25) is 4.79 Å².